The van der Waals surface area contributed by atoms with Gasteiger partial charge in [0.25, 0.3) is 0 Å². The molecule has 2 unspecified atom stereocenters. The maximum Gasteiger partial charge on any atom is 0.472 e. The zero-order valence-corrected chi connectivity index (χ0v) is 62.3. The van der Waals surface area contributed by atoms with Crippen LogP contribution in [0.4, 0.5) is 0 Å². The summed E-state index contributed by atoms with van der Waals surface area (Å²) in [4.78, 5) is 72.6. The van der Waals surface area contributed by atoms with Crippen LogP contribution in [0.3, 0.4) is 0 Å². The Bertz CT molecular complexity index is 1800. The van der Waals surface area contributed by atoms with E-state index in [0.29, 0.717) is 31.6 Å². The van der Waals surface area contributed by atoms with Gasteiger partial charge in [0.1, 0.15) is 19.3 Å². The maximum atomic E-state index is 13.1. The van der Waals surface area contributed by atoms with Crippen molar-refractivity contribution in [3.05, 3.63) is 0 Å². The topological polar surface area (TPSA) is 237 Å². The second-order valence-corrected chi connectivity index (χ2v) is 30.5. The summed E-state index contributed by atoms with van der Waals surface area (Å²) in [6.07, 6.45) is 52.8. The second-order valence-electron chi connectivity index (χ2n) is 27.6. The zero-order valence-electron chi connectivity index (χ0n) is 60.6. The fourth-order valence-electron chi connectivity index (χ4n) is 11.3. The molecular weight excluding hydrogens is 1220 g/mol. The summed E-state index contributed by atoms with van der Waals surface area (Å²) in [5.74, 6) is -0.593. The fourth-order valence-corrected chi connectivity index (χ4v) is 12.9. The highest BCUT2D eigenvalue weighted by Gasteiger charge is 2.30. The lowest BCUT2D eigenvalue weighted by Gasteiger charge is -2.21. The molecule has 552 valence electrons. The van der Waals surface area contributed by atoms with Crippen molar-refractivity contribution in [1.82, 2.24) is 0 Å². The quantitative estimate of drug-likeness (QED) is 0.0222. The minimum Gasteiger partial charge on any atom is -0.462 e. The van der Waals surface area contributed by atoms with E-state index in [1.807, 2.05) is 0 Å². The first-order valence-electron chi connectivity index (χ1n) is 38.5. The average molecular weight is 1370 g/mol. The van der Waals surface area contributed by atoms with Crippen LogP contribution in [0, 0.1) is 11.8 Å². The van der Waals surface area contributed by atoms with Crippen LogP contribution in [0.1, 0.15) is 382 Å². The molecule has 0 amide bonds. The van der Waals surface area contributed by atoms with Crippen LogP contribution in [-0.2, 0) is 65.4 Å². The molecule has 0 radical (unpaired) electrons. The van der Waals surface area contributed by atoms with Gasteiger partial charge in [-0.3, -0.25) is 37.3 Å². The van der Waals surface area contributed by atoms with Gasteiger partial charge >= 0.3 is 39.5 Å². The third-order valence-electron chi connectivity index (χ3n) is 17.2. The smallest absolute Gasteiger partial charge is 0.462 e. The van der Waals surface area contributed by atoms with E-state index in [0.717, 1.165) is 102 Å². The van der Waals surface area contributed by atoms with Crippen LogP contribution in [0.25, 0.3) is 0 Å². The molecule has 93 heavy (non-hydrogen) atoms. The predicted octanol–water partition coefficient (Wildman–Crippen LogP) is 21.6. The van der Waals surface area contributed by atoms with Gasteiger partial charge in [0.05, 0.1) is 26.4 Å². The number of unbranched alkanes of at least 4 members (excludes halogenated alkanes) is 43. The molecule has 0 spiro atoms. The van der Waals surface area contributed by atoms with Gasteiger partial charge in [0.15, 0.2) is 12.2 Å². The van der Waals surface area contributed by atoms with E-state index in [1.165, 1.54) is 193 Å². The molecule has 0 aliphatic rings. The molecule has 3 N–H and O–H groups in total. The van der Waals surface area contributed by atoms with Crippen LogP contribution < -0.4 is 0 Å². The fraction of sp³-hybridized carbons (Fsp3) is 0.946. The van der Waals surface area contributed by atoms with Gasteiger partial charge in [-0.1, -0.05) is 330 Å². The third kappa shape index (κ3) is 68.4. The van der Waals surface area contributed by atoms with Gasteiger partial charge in [-0.25, -0.2) is 9.13 Å². The molecule has 5 atom stereocenters. The molecule has 0 bridgehead atoms. The number of ether oxygens (including phenoxy) is 4. The standard InChI is InChI=1S/C74H144O17P2/c1-7-9-11-13-15-17-27-32-38-44-50-56-71(76)84-62-69(90-74(79)59-53-47-40-34-30-26-24-22-20-19-21-23-25-29-31-36-42-48-54-66(3)4)64-88-92(80,81)86-60-68(75)61-87-93(82,83)89-65-70(63-85-72(77)57-51-45-41-35-37-43-49-55-67(5)6)91-73(78)58-52-46-39-33-28-18-16-14-12-10-8-2/h66-70,75H,7-65H2,1-6H3,(H,80,81)(H,82,83)/t68-,69-,70-/m1/s1. The average Bonchev–Trinajstić information content (AvgIpc) is 1.69. The first-order valence-corrected chi connectivity index (χ1v) is 41.5. The Kier molecular flexibility index (Phi) is 64.6. The zero-order chi connectivity index (χ0) is 68.6. The molecular formula is C74H144O17P2. The molecule has 0 aliphatic heterocycles. The van der Waals surface area contributed by atoms with Crippen molar-refractivity contribution in [2.24, 2.45) is 11.8 Å². The molecule has 0 aromatic heterocycles. The Morgan fingerprint density at radius 3 is 0.731 bits per heavy atom. The lowest BCUT2D eigenvalue weighted by Crippen LogP contribution is -2.30. The normalized spacial score (nSPS) is 14.1. The van der Waals surface area contributed by atoms with Gasteiger partial charge in [-0.2, -0.15) is 0 Å². The molecule has 0 aliphatic carbocycles. The van der Waals surface area contributed by atoms with Crippen molar-refractivity contribution in [2.75, 3.05) is 39.6 Å². The van der Waals surface area contributed by atoms with E-state index >= 15 is 0 Å². The Hall–Kier alpha value is -1.94. The maximum absolute atomic E-state index is 13.1. The number of hydrogen-bond acceptors (Lipinski definition) is 15. The number of aliphatic hydroxyl groups excluding tert-OH is 1. The van der Waals surface area contributed by atoms with Crippen LogP contribution >= 0.6 is 15.6 Å². The predicted molar refractivity (Wildman–Crippen MR) is 377 cm³/mol. The lowest BCUT2D eigenvalue weighted by molar-refractivity contribution is -0.161. The van der Waals surface area contributed by atoms with Crippen molar-refractivity contribution in [3.8, 4) is 0 Å². The summed E-state index contributed by atoms with van der Waals surface area (Å²) in [6, 6.07) is 0. The van der Waals surface area contributed by atoms with E-state index in [1.54, 1.807) is 0 Å². The largest absolute Gasteiger partial charge is 0.472 e. The number of esters is 4. The second kappa shape index (κ2) is 66.0. The first-order chi connectivity index (χ1) is 44.9. The van der Waals surface area contributed by atoms with Crippen molar-refractivity contribution in [2.45, 2.75) is 400 Å². The Morgan fingerprint density at radius 2 is 0.495 bits per heavy atom. The molecule has 17 nitrogen and oxygen atoms in total. The summed E-state index contributed by atoms with van der Waals surface area (Å²) in [7, 11) is -9.90. The third-order valence-corrected chi connectivity index (χ3v) is 19.1. The molecule has 0 heterocycles. The summed E-state index contributed by atoms with van der Waals surface area (Å²) in [5.41, 5.74) is 0. The summed E-state index contributed by atoms with van der Waals surface area (Å²) in [6.45, 7) is 9.55. The highest BCUT2D eigenvalue weighted by Crippen LogP contribution is 2.45. The molecule has 19 heteroatoms. The van der Waals surface area contributed by atoms with Gasteiger partial charge in [-0.15, -0.1) is 0 Å². The molecule has 0 aromatic carbocycles. The van der Waals surface area contributed by atoms with Gasteiger partial charge in [-0.05, 0) is 37.5 Å². The SMILES string of the molecule is CCCCCCCCCCCCCC(=O)OC[C@H](COP(=O)(O)OC[C@@H](O)COP(=O)(O)OC[C@@H](COC(=O)CCCCCCCCCC(C)C)OC(=O)CCCCCCCCCCCCC)OC(=O)CCCCCCCCCCCCCCCCCCCCC(C)C. The Balaban J connectivity index is 5.17. The van der Waals surface area contributed by atoms with Crippen molar-refractivity contribution >= 4 is 39.5 Å². The Morgan fingerprint density at radius 1 is 0.290 bits per heavy atom. The number of aliphatic hydroxyl groups is 1. The number of phosphoric ester groups is 2. The molecule has 0 fully saturated rings. The summed E-state index contributed by atoms with van der Waals surface area (Å²) in [5, 5.41) is 10.6. The van der Waals surface area contributed by atoms with Crippen LogP contribution in [0.5, 0.6) is 0 Å². The Labute approximate surface area is 568 Å². The van der Waals surface area contributed by atoms with Gasteiger partial charge < -0.3 is 33.8 Å². The summed E-state index contributed by atoms with van der Waals surface area (Å²) >= 11 is 0. The number of phosphoric acid groups is 2. The van der Waals surface area contributed by atoms with Crippen molar-refractivity contribution in [3.63, 3.8) is 0 Å². The van der Waals surface area contributed by atoms with Crippen LogP contribution in [0.15, 0.2) is 0 Å². The highest BCUT2D eigenvalue weighted by molar-refractivity contribution is 7.47. The van der Waals surface area contributed by atoms with Crippen molar-refractivity contribution < 1.29 is 80.2 Å². The van der Waals surface area contributed by atoms with Crippen LogP contribution in [-0.4, -0.2) is 96.7 Å². The van der Waals surface area contributed by atoms with E-state index in [-0.39, 0.29) is 25.7 Å². The molecule has 0 aromatic rings. The van der Waals surface area contributed by atoms with E-state index < -0.39 is 97.5 Å². The first kappa shape index (κ1) is 91.1. The number of carbonyl (C=O) groups excluding carboxylic acids is 4. The van der Waals surface area contributed by atoms with Gasteiger partial charge in [0.2, 0.25) is 0 Å². The minimum atomic E-state index is -4.95. The summed E-state index contributed by atoms with van der Waals surface area (Å²) < 4.78 is 68.4. The number of rotatable bonds is 73. The molecule has 0 rings (SSSR count). The van der Waals surface area contributed by atoms with E-state index in [2.05, 4.69) is 41.5 Å². The monoisotopic (exact) mass is 1370 g/mol. The molecule has 0 saturated carbocycles. The molecule has 0 saturated heterocycles. The minimum absolute atomic E-state index is 0.106. The number of carbonyl (C=O) groups is 4. The lowest BCUT2D eigenvalue weighted by atomic mass is 10.0. The van der Waals surface area contributed by atoms with Gasteiger partial charge in [0, 0.05) is 25.7 Å². The highest BCUT2D eigenvalue weighted by atomic mass is 31.2. The van der Waals surface area contributed by atoms with Crippen molar-refractivity contribution in [1.29, 1.82) is 0 Å². The van der Waals surface area contributed by atoms with Crippen LogP contribution in [0.2, 0.25) is 0 Å². The van der Waals surface area contributed by atoms with E-state index in [4.69, 9.17) is 37.0 Å². The number of hydrogen-bond donors (Lipinski definition) is 3. The van der Waals surface area contributed by atoms with E-state index in [9.17, 15) is 43.2 Å².